The van der Waals surface area contributed by atoms with Gasteiger partial charge in [-0.3, -0.25) is 4.98 Å². The summed E-state index contributed by atoms with van der Waals surface area (Å²) in [6.45, 7) is 3.46. The molecule has 4 nitrogen and oxygen atoms in total. The second-order valence-electron chi connectivity index (χ2n) is 3.17. The minimum absolute atomic E-state index is 0.253. The third kappa shape index (κ3) is 2.13. The average Bonchev–Trinajstić information content (AvgIpc) is 2.29. The summed E-state index contributed by atoms with van der Waals surface area (Å²) in [6, 6.07) is 7.04. The van der Waals surface area contributed by atoms with E-state index in [0.29, 0.717) is 5.69 Å². The molecule has 1 atom stereocenters. The van der Waals surface area contributed by atoms with Crippen LogP contribution >= 0.6 is 0 Å². The lowest BCUT2D eigenvalue weighted by Crippen LogP contribution is -2.33. The quantitative estimate of drug-likeness (QED) is 0.698. The molecule has 0 aliphatic heterocycles. The number of carbonyl (C=O) groups is 1. The number of esters is 1. The topological polar surface area (TPSA) is 63.0 Å². The Morgan fingerprint density at radius 1 is 1.67 bits per heavy atom. The number of pyridine rings is 1. The summed E-state index contributed by atoms with van der Waals surface area (Å²) in [4.78, 5) is 15.6. The van der Waals surface area contributed by atoms with Crippen molar-refractivity contribution in [3.8, 4) is 6.07 Å². The summed E-state index contributed by atoms with van der Waals surface area (Å²) in [5, 5.41) is 9.04. The van der Waals surface area contributed by atoms with Crippen molar-refractivity contribution in [3.63, 3.8) is 0 Å². The Labute approximate surface area is 88.5 Å². The Balaban J connectivity index is 3.07. The van der Waals surface area contributed by atoms with Crippen molar-refractivity contribution in [2.24, 2.45) is 0 Å². The van der Waals surface area contributed by atoms with Crippen LogP contribution in [0, 0.1) is 11.3 Å². The van der Waals surface area contributed by atoms with Crippen molar-refractivity contribution in [1.29, 1.82) is 5.26 Å². The van der Waals surface area contributed by atoms with Gasteiger partial charge in [-0.1, -0.05) is 6.07 Å². The Hall–Kier alpha value is -1.89. The van der Waals surface area contributed by atoms with Gasteiger partial charge in [0.25, 0.3) is 0 Å². The molecule has 4 heteroatoms. The van der Waals surface area contributed by atoms with Crippen LogP contribution in [-0.2, 0) is 14.9 Å². The summed E-state index contributed by atoms with van der Waals surface area (Å²) in [5.41, 5.74) is -0.914. The van der Waals surface area contributed by atoms with Crippen LogP contribution < -0.4 is 0 Å². The van der Waals surface area contributed by atoms with Crippen molar-refractivity contribution in [1.82, 2.24) is 4.98 Å². The van der Waals surface area contributed by atoms with E-state index >= 15 is 0 Å². The largest absolute Gasteiger partial charge is 0.465 e. The summed E-state index contributed by atoms with van der Waals surface area (Å²) in [7, 11) is 0. The van der Waals surface area contributed by atoms with Gasteiger partial charge < -0.3 is 4.74 Å². The monoisotopic (exact) mass is 204 g/mol. The van der Waals surface area contributed by atoms with Crippen molar-refractivity contribution < 1.29 is 9.53 Å². The fourth-order valence-corrected chi connectivity index (χ4v) is 1.14. The standard InChI is InChI=1S/C11H12N2O2/c1-3-15-10(14)11(2,8-12)9-6-4-5-7-13-9/h4-7H,3H2,1-2H3. The zero-order valence-corrected chi connectivity index (χ0v) is 8.73. The van der Waals surface area contributed by atoms with Gasteiger partial charge in [-0.2, -0.15) is 5.26 Å². The maximum Gasteiger partial charge on any atom is 0.332 e. The van der Waals surface area contributed by atoms with Crippen LogP contribution in [0.1, 0.15) is 19.5 Å². The van der Waals surface area contributed by atoms with E-state index in [1.165, 1.54) is 6.92 Å². The molecule has 0 amide bonds. The maximum absolute atomic E-state index is 11.6. The highest BCUT2D eigenvalue weighted by Gasteiger charge is 2.38. The maximum atomic E-state index is 11.6. The van der Waals surface area contributed by atoms with Gasteiger partial charge in [0.15, 0.2) is 5.41 Å². The van der Waals surface area contributed by atoms with E-state index in [1.807, 2.05) is 6.07 Å². The average molecular weight is 204 g/mol. The van der Waals surface area contributed by atoms with Crippen molar-refractivity contribution in [2.45, 2.75) is 19.3 Å². The van der Waals surface area contributed by atoms with Crippen LogP contribution in [0.15, 0.2) is 24.4 Å². The van der Waals surface area contributed by atoms with E-state index in [2.05, 4.69) is 4.98 Å². The van der Waals surface area contributed by atoms with E-state index in [1.54, 1.807) is 31.3 Å². The summed E-state index contributed by atoms with van der Waals surface area (Å²) in [6.07, 6.45) is 1.55. The van der Waals surface area contributed by atoms with Gasteiger partial charge in [0.1, 0.15) is 0 Å². The van der Waals surface area contributed by atoms with Crippen LogP contribution in [0.25, 0.3) is 0 Å². The van der Waals surface area contributed by atoms with Crippen LogP contribution in [0.4, 0.5) is 0 Å². The molecule has 78 valence electrons. The molecule has 0 aliphatic carbocycles. The minimum atomic E-state index is -1.32. The molecular formula is C11H12N2O2. The van der Waals surface area contributed by atoms with Gasteiger partial charge in [-0.15, -0.1) is 0 Å². The van der Waals surface area contributed by atoms with Crippen LogP contribution in [0.5, 0.6) is 0 Å². The Bertz CT molecular complexity index is 383. The normalized spacial score (nSPS) is 13.7. The molecule has 1 aromatic rings. The molecule has 0 bridgehead atoms. The third-order valence-corrected chi connectivity index (χ3v) is 2.08. The van der Waals surface area contributed by atoms with E-state index in [4.69, 9.17) is 10.00 Å². The highest BCUT2D eigenvalue weighted by atomic mass is 16.5. The number of ether oxygens (including phenoxy) is 1. The van der Waals surface area contributed by atoms with Crippen LogP contribution in [-0.4, -0.2) is 17.6 Å². The predicted octanol–water partition coefficient (Wildman–Crippen LogP) is 1.43. The number of aromatic nitrogens is 1. The van der Waals surface area contributed by atoms with E-state index in [-0.39, 0.29) is 6.61 Å². The van der Waals surface area contributed by atoms with Gasteiger partial charge in [0, 0.05) is 6.20 Å². The molecule has 1 heterocycles. The fraction of sp³-hybridized carbons (Fsp3) is 0.364. The lowest BCUT2D eigenvalue weighted by molar-refractivity contribution is -0.147. The fourth-order valence-electron chi connectivity index (χ4n) is 1.14. The predicted molar refractivity (Wildman–Crippen MR) is 53.8 cm³/mol. The van der Waals surface area contributed by atoms with Gasteiger partial charge in [-0.25, -0.2) is 4.79 Å². The number of rotatable bonds is 3. The number of hydrogen-bond acceptors (Lipinski definition) is 4. The van der Waals surface area contributed by atoms with Gasteiger partial charge >= 0.3 is 5.97 Å². The molecule has 1 unspecified atom stereocenters. The molecule has 0 N–H and O–H groups in total. The number of nitrogens with zero attached hydrogens (tertiary/aromatic N) is 2. The first kappa shape index (κ1) is 11.2. The zero-order chi connectivity index (χ0) is 11.3. The van der Waals surface area contributed by atoms with E-state index in [9.17, 15) is 4.79 Å². The molecule has 1 aromatic heterocycles. The molecular weight excluding hydrogens is 192 g/mol. The van der Waals surface area contributed by atoms with E-state index < -0.39 is 11.4 Å². The van der Waals surface area contributed by atoms with Crippen molar-refractivity contribution >= 4 is 5.97 Å². The van der Waals surface area contributed by atoms with Gasteiger partial charge in [-0.05, 0) is 26.0 Å². The molecule has 15 heavy (non-hydrogen) atoms. The lowest BCUT2D eigenvalue weighted by Gasteiger charge is -2.18. The van der Waals surface area contributed by atoms with Crippen molar-refractivity contribution in [3.05, 3.63) is 30.1 Å². The lowest BCUT2D eigenvalue weighted by atomic mass is 9.88. The Morgan fingerprint density at radius 3 is 2.87 bits per heavy atom. The molecule has 0 aromatic carbocycles. The number of hydrogen-bond donors (Lipinski definition) is 0. The molecule has 0 aliphatic rings. The first-order chi connectivity index (χ1) is 7.15. The first-order valence-electron chi connectivity index (χ1n) is 4.65. The molecule has 0 radical (unpaired) electrons. The van der Waals surface area contributed by atoms with Gasteiger partial charge in [0.05, 0.1) is 18.4 Å². The molecule has 0 saturated carbocycles. The Kier molecular flexibility index (Phi) is 3.40. The second kappa shape index (κ2) is 4.56. The minimum Gasteiger partial charge on any atom is -0.465 e. The zero-order valence-electron chi connectivity index (χ0n) is 8.73. The smallest absolute Gasteiger partial charge is 0.332 e. The molecule has 0 saturated heterocycles. The highest BCUT2D eigenvalue weighted by Crippen LogP contribution is 2.22. The highest BCUT2D eigenvalue weighted by molar-refractivity contribution is 5.85. The second-order valence-corrected chi connectivity index (χ2v) is 3.17. The molecule has 1 rings (SSSR count). The van der Waals surface area contributed by atoms with Gasteiger partial charge in [0.2, 0.25) is 0 Å². The van der Waals surface area contributed by atoms with Crippen LogP contribution in [0.3, 0.4) is 0 Å². The third-order valence-electron chi connectivity index (χ3n) is 2.08. The summed E-state index contributed by atoms with van der Waals surface area (Å²) < 4.78 is 4.85. The molecule has 0 fully saturated rings. The number of nitriles is 1. The summed E-state index contributed by atoms with van der Waals surface area (Å²) in [5.74, 6) is -0.564. The first-order valence-corrected chi connectivity index (χ1v) is 4.65. The SMILES string of the molecule is CCOC(=O)C(C)(C#N)c1ccccn1. The van der Waals surface area contributed by atoms with E-state index in [0.717, 1.165) is 0 Å². The Morgan fingerprint density at radius 2 is 2.40 bits per heavy atom. The molecule has 0 spiro atoms. The number of carbonyl (C=O) groups excluding carboxylic acids is 1. The summed E-state index contributed by atoms with van der Waals surface area (Å²) >= 11 is 0. The van der Waals surface area contributed by atoms with Crippen LogP contribution in [0.2, 0.25) is 0 Å². The van der Waals surface area contributed by atoms with Crippen molar-refractivity contribution in [2.75, 3.05) is 6.61 Å².